The summed E-state index contributed by atoms with van der Waals surface area (Å²) in [7, 11) is 2.06. The molecule has 1 heterocycles. The van der Waals surface area contributed by atoms with Gasteiger partial charge < -0.3 is 10.3 Å². The summed E-state index contributed by atoms with van der Waals surface area (Å²) >= 11 is 0. The zero-order valence-corrected chi connectivity index (χ0v) is 12.0. The summed E-state index contributed by atoms with van der Waals surface area (Å²) in [5.74, 6) is 2.03. The number of hydrogen-bond donors (Lipinski definition) is 1. The standard InChI is InChI=1S/C13H26N4O/c1-5-6-13-15-12(16-18-13)9-17(4)8-7-11(14)10(2)3/h10-11H,5-9,14H2,1-4H3. The van der Waals surface area contributed by atoms with Crippen molar-refractivity contribution in [1.29, 1.82) is 0 Å². The predicted molar refractivity (Wildman–Crippen MR) is 72.1 cm³/mol. The zero-order chi connectivity index (χ0) is 13.5. The highest BCUT2D eigenvalue weighted by Crippen LogP contribution is 2.06. The van der Waals surface area contributed by atoms with Crippen molar-refractivity contribution in [2.75, 3.05) is 13.6 Å². The maximum Gasteiger partial charge on any atom is 0.226 e. The highest BCUT2D eigenvalue weighted by molar-refractivity contribution is 4.86. The Morgan fingerprint density at radius 3 is 2.72 bits per heavy atom. The smallest absolute Gasteiger partial charge is 0.226 e. The van der Waals surface area contributed by atoms with Crippen LogP contribution in [0.1, 0.15) is 45.3 Å². The Kier molecular flexibility index (Phi) is 6.29. The summed E-state index contributed by atoms with van der Waals surface area (Å²) in [6, 6.07) is 0.258. The van der Waals surface area contributed by atoms with E-state index in [1.165, 1.54) is 0 Å². The summed E-state index contributed by atoms with van der Waals surface area (Å²) in [6.45, 7) is 8.08. The average molecular weight is 254 g/mol. The fourth-order valence-electron chi connectivity index (χ4n) is 1.69. The van der Waals surface area contributed by atoms with Gasteiger partial charge in [0.25, 0.3) is 0 Å². The topological polar surface area (TPSA) is 68.2 Å². The third-order valence-electron chi connectivity index (χ3n) is 3.09. The van der Waals surface area contributed by atoms with E-state index in [1.807, 2.05) is 0 Å². The van der Waals surface area contributed by atoms with Gasteiger partial charge in [0.2, 0.25) is 5.89 Å². The Labute approximate surface area is 110 Å². The van der Waals surface area contributed by atoms with Gasteiger partial charge in [-0.1, -0.05) is 25.9 Å². The van der Waals surface area contributed by atoms with Gasteiger partial charge in [-0.3, -0.25) is 4.90 Å². The van der Waals surface area contributed by atoms with E-state index in [2.05, 4.69) is 42.9 Å². The van der Waals surface area contributed by atoms with Crippen molar-refractivity contribution in [1.82, 2.24) is 15.0 Å². The normalized spacial score (nSPS) is 13.5. The van der Waals surface area contributed by atoms with Gasteiger partial charge in [-0.2, -0.15) is 4.98 Å². The van der Waals surface area contributed by atoms with Gasteiger partial charge in [0.1, 0.15) is 0 Å². The Morgan fingerprint density at radius 2 is 2.11 bits per heavy atom. The minimum atomic E-state index is 0.258. The maximum absolute atomic E-state index is 6.03. The SMILES string of the molecule is CCCc1nc(CN(C)CCC(N)C(C)C)no1. The largest absolute Gasteiger partial charge is 0.339 e. The fourth-order valence-corrected chi connectivity index (χ4v) is 1.69. The molecule has 5 nitrogen and oxygen atoms in total. The lowest BCUT2D eigenvalue weighted by molar-refractivity contribution is 0.283. The Bertz CT molecular complexity index is 337. The van der Waals surface area contributed by atoms with E-state index in [9.17, 15) is 0 Å². The molecular weight excluding hydrogens is 228 g/mol. The minimum absolute atomic E-state index is 0.258. The van der Waals surface area contributed by atoms with Crippen LogP contribution in [0, 0.1) is 5.92 Å². The van der Waals surface area contributed by atoms with E-state index in [0.29, 0.717) is 5.92 Å². The third-order valence-corrected chi connectivity index (χ3v) is 3.09. The molecule has 0 aliphatic rings. The van der Waals surface area contributed by atoms with Crippen molar-refractivity contribution in [2.24, 2.45) is 11.7 Å². The molecule has 0 spiro atoms. The molecule has 1 aromatic heterocycles. The van der Waals surface area contributed by atoms with Gasteiger partial charge >= 0.3 is 0 Å². The van der Waals surface area contributed by atoms with E-state index in [4.69, 9.17) is 10.3 Å². The highest BCUT2D eigenvalue weighted by atomic mass is 16.5. The number of aromatic nitrogens is 2. The van der Waals surface area contributed by atoms with Crippen LogP contribution in [0.5, 0.6) is 0 Å². The van der Waals surface area contributed by atoms with Crippen molar-refractivity contribution < 1.29 is 4.52 Å². The van der Waals surface area contributed by atoms with Gasteiger partial charge in [0.05, 0.1) is 6.54 Å². The molecule has 18 heavy (non-hydrogen) atoms. The Balaban J connectivity index is 2.32. The molecule has 1 rings (SSSR count). The third kappa shape index (κ3) is 5.14. The number of nitrogens with two attached hydrogens (primary N) is 1. The molecule has 0 fully saturated rings. The van der Waals surface area contributed by atoms with Crippen LogP contribution in [0.25, 0.3) is 0 Å². The number of aryl methyl sites for hydroxylation is 1. The maximum atomic E-state index is 6.03. The zero-order valence-electron chi connectivity index (χ0n) is 12.0. The summed E-state index contributed by atoms with van der Waals surface area (Å²) in [5.41, 5.74) is 6.03. The number of hydrogen-bond acceptors (Lipinski definition) is 5. The lowest BCUT2D eigenvalue weighted by Gasteiger charge is -2.20. The quantitative estimate of drug-likeness (QED) is 0.766. The van der Waals surface area contributed by atoms with Gasteiger partial charge in [-0.25, -0.2) is 0 Å². The molecule has 0 saturated carbocycles. The molecular formula is C13H26N4O. The molecule has 5 heteroatoms. The van der Waals surface area contributed by atoms with Crippen LogP contribution in [-0.2, 0) is 13.0 Å². The van der Waals surface area contributed by atoms with Crippen LogP contribution in [0.4, 0.5) is 0 Å². The van der Waals surface area contributed by atoms with Crippen molar-refractivity contribution in [3.05, 3.63) is 11.7 Å². The van der Waals surface area contributed by atoms with Crippen LogP contribution in [0.2, 0.25) is 0 Å². The second kappa shape index (κ2) is 7.48. The van der Waals surface area contributed by atoms with E-state index in [1.54, 1.807) is 0 Å². The van der Waals surface area contributed by atoms with Crippen LogP contribution in [-0.4, -0.2) is 34.7 Å². The molecule has 1 atom stereocenters. The highest BCUT2D eigenvalue weighted by Gasteiger charge is 2.11. The van der Waals surface area contributed by atoms with E-state index < -0.39 is 0 Å². The molecule has 0 radical (unpaired) electrons. The molecule has 0 aromatic carbocycles. The molecule has 0 amide bonds. The molecule has 104 valence electrons. The lowest BCUT2D eigenvalue weighted by atomic mass is 10.0. The molecule has 0 saturated heterocycles. The van der Waals surface area contributed by atoms with E-state index in [-0.39, 0.29) is 6.04 Å². The predicted octanol–water partition coefficient (Wildman–Crippen LogP) is 1.83. The summed E-state index contributed by atoms with van der Waals surface area (Å²) in [5, 5.41) is 3.98. The molecule has 1 aromatic rings. The van der Waals surface area contributed by atoms with Crippen LogP contribution >= 0.6 is 0 Å². The number of nitrogens with zero attached hydrogens (tertiary/aromatic N) is 3. The second-order valence-corrected chi connectivity index (χ2v) is 5.29. The Hall–Kier alpha value is -0.940. The first-order valence-electron chi connectivity index (χ1n) is 6.78. The first-order chi connectivity index (χ1) is 8.52. The summed E-state index contributed by atoms with van der Waals surface area (Å²) in [4.78, 5) is 6.53. The molecule has 2 N–H and O–H groups in total. The van der Waals surface area contributed by atoms with Crippen molar-refractivity contribution >= 4 is 0 Å². The first kappa shape index (κ1) is 15.1. The monoisotopic (exact) mass is 254 g/mol. The van der Waals surface area contributed by atoms with Gasteiger partial charge in [0.15, 0.2) is 5.82 Å². The van der Waals surface area contributed by atoms with Crippen molar-refractivity contribution in [3.63, 3.8) is 0 Å². The van der Waals surface area contributed by atoms with Crippen molar-refractivity contribution in [3.8, 4) is 0 Å². The van der Waals surface area contributed by atoms with Crippen LogP contribution in [0.15, 0.2) is 4.52 Å². The van der Waals surface area contributed by atoms with E-state index >= 15 is 0 Å². The summed E-state index contributed by atoms with van der Waals surface area (Å²) in [6.07, 6.45) is 2.88. The fraction of sp³-hybridized carbons (Fsp3) is 0.846. The van der Waals surface area contributed by atoms with Crippen LogP contribution in [0.3, 0.4) is 0 Å². The number of rotatable bonds is 8. The minimum Gasteiger partial charge on any atom is -0.339 e. The first-order valence-corrected chi connectivity index (χ1v) is 6.78. The van der Waals surface area contributed by atoms with Crippen molar-refractivity contribution in [2.45, 2.75) is 52.6 Å². The molecule has 1 unspecified atom stereocenters. The van der Waals surface area contributed by atoms with Gasteiger partial charge in [-0.05, 0) is 32.4 Å². The van der Waals surface area contributed by atoms with E-state index in [0.717, 1.165) is 44.1 Å². The molecule has 0 aliphatic heterocycles. The average Bonchev–Trinajstić information content (AvgIpc) is 2.73. The Morgan fingerprint density at radius 1 is 1.39 bits per heavy atom. The molecule has 0 aliphatic carbocycles. The van der Waals surface area contributed by atoms with Gasteiger partial charge in [-0.15, -0.1) is 0 Å². The summed E-state index contributed by atoms with van der Waals surface area (Å²) < 4.78 is 5.16. The lowest BCUT2D eigenvalue weighted by Crippen LogP contribution is -2.31. The second-order valence-electron chi connectivity index (χ2n) is 5.29. The molecule has 0 bridgehead atoms. The van der Waals surface area contributed by atoms with Crippen LogP contribution < -0.4 is 5.73 Å². The van der Waals surface area contributed by atoms with Gasteiger partial charge in [0, 0.05) is 12.5 Å².